The number of hydrogen-bond donors (Lipinski definition) is 1. The highest BCUT2D eigenvalue weighted by molar-refractivity contribution is 7.89. The quantitative estimate of drug-likeness (QED) is 0.580. The minimum Gasteiger partial charge on any atom is -0.495 e. The molecule has 0 aliphatic carbocycles. The molecule has 0 radical (unpaired) electrons. The molecule has 168 valence electrons. The number of hydrogen-bond acceptors (Lipinski definition) is 7. The number of pyridine rings is 1. The first kappa shape index (κ1) is 22.0. The number of ether oxygens (including phenoxy) is 3. The molecule has 10 heteroatoms. The number of rotatable bonds is 7. The Balaban J connectivity index is 1.50. The van der Waals surface area contributed by atoms with E-state index in [9.17, 15) is 13.2 Å². The molecule has 1 saturated heterocycles. The van der Waals surface area contributed by atoms with Crippen LogP contribution in [0, 0.1) is 0 Å². The van der Waals surface area contributed by atoms with Gasteiger partial charge in [0.05, 0.1) is 30.9 Å². The van der Waals surface area contributed by atoms with E-state index in [1.54, 1.807) is 12.3 Å². The zero-order valence-electron chi connectivity index (χ0n) is 17.5. The van der Waals surface area contributed by atoms with Crippen LogP contribution in [0.4, 0.5) is 5.69 Å². The topological polar surface area (TPSA) is 107 Å². The highest BCUT2D eigenvalue weighted by Crippen LogP contribution is 2.29. The van der Waals surface area contributed by atoms with Crippen molar-refractivity contribution < 1.29 is 27.4 Å². The van der Waals surface area contributed by atoms with Gasteiger partial charge in [-0.25, -0.2) is 8.42 Å². The van der Waals surface area contributed by atoms with Crippen LogP contribution in [0.15, 0.2) is 59.6 Å². The lowest BCUT2D eigenvalue weighted by Gasteiger charge is -2.26. The van der Waals surface area contributed by atoms with E-state index in [-0.39, 0.29) is 30.3 Å². The first-order valence-electron chi connectivity index (χ1n) is 10.0. The van der Waals surface area contributed by atoms with Gasteiger partial charge in [-0.15, -0.1) is 0 Å². The number of fused-ring (bicyclic) bond motifs is 1. The number of methoxy groups -OCH3 is 1. The zero-order chi connectivity index (χ0) is 22.6. The van der Waals surface area contributed by atoms with Crippen LogP contribution in [0.2, 0.25) is 0 Å². The fraction of sp³-hybridized carbons (Fsp3) is 0.273. The molecular weight excluding hydrogens is 434 g/mol. The molecule has 1 aliphatic heterocycles. The number of nitrogens with zero attached hydrogens (tertiary/aromatic N) is 2. The van der Waals surface area contributed by atoms with Gasteiger partial charge in [0, 0.05) is 24.7 Å². The molecule has 9 nitrogen and oxygen atoms in total. The molecule has 0 spiro atoms. The Bertz CT molecular complexity index is 1220. The SMILES string of the molecule is COc1ccc(S(=O)(=O)N2CCOCC2)cc1NC(=O)COc1cccc2cccnc12. The predicted molar refractivity (Wildman–Crippen MR) is 118 cm³/mol. The van der Waals surface area contributed by atoms with E-state index >= 15 is 0 Å². The van der Waals surface area contributed by atoms with Crippen LogP contribution in [0.3, 0.4) is 0 Å². The highest BCUT2D eigenvalue weighted by atomic mass is 32.2. The van der Waals surface area contributed by atoms with E-state index in [0.717, 1.165) is 5.39 Å². The fourth-order valence-electron chi connectivity index (χ4n) is 3.40. The van der Waals surface area contributed by atoms with Crippen molar-refractivity contribution in [1.29, 1.82) is 0 Å². The summed E-state index contributed by atoms with van der Waals surface area (Å²) >= 11 is 0. The molecule has 4 rings (SSSR count). The van der Waals surface area contributed by atoms with Gasteiger partial charge in [-0.05, 0) is 30.3 Å². The standard InChI is InChI=1S/C22H23N3O6S/c1-29-19-8-7-17(32(27,28)25-10-12-30-13-11-25)14-18(19)24-21(26)15-31-20-6-2-4-16-5-3-9-23-22(16)20/h2-9,14H,10-13,15H2,1H3,(H,24,26). The van der Waals surface area contributed by atoms with Crippen molar-refractivity contribution in [3.8, 4) is 11.5 Å². The average Bonchev–Trinajstić information content (AvgIpc) is 2.83. The van der Waals surface area contributed by atoms with E-state index in [2.05, 4.69) is 10.3 Å². The first-order valence-corrected chi connectivity index (χ1v) is 11.5. The lowest BCUT2D eigenvalue weighted by molar-refractivity contribution is -0.118. The summed E-state index contributed by atoms with van der Waals surface area (Å²) in [4.78, 5) is 16.9. The molecule has 0 atom stereocenters. The second-order valence-corrected chi connectivity index (χ2v) is 8.98. The Morgan fingerprint density at radius 3 is 2.69 bits per heavy atom. The van der Waals surface area contributed by atoms with Crippen molar-refractivity contribution >= 4 is 32.5 Å². The number of amides is 1. The zero-order valence-corrected chi connectivity index (χ0v) is 18.3. The monoisotopic (exact) mass is 457 g/mol. The largest absolute Gasteiger partial charge is 0.495 e. The van der Waals surface area contributed by atoms with Crippen molar-refractivity contribution in [2.24, 2.45) is 0 Å². The van der Waals surface area contributed by atoms with Crippen LogP contribution in [-0.4, -0.2) is 63.6 Å². The minimum absolute atomic E-state index is 0.0645. The minimum atomic E-state index is -3.72. The Morgan fingerprint density at radius 2 is 1.91 bits per heavy atom. The van der Waals surface area contributed by atoms with Crippen LogP contribution >= 0.6 is 0 Å². The molecule has 1 aromatic heterocycles. The number of benzene rings is 2. The van der Waals surface area contributed by atoms with E-state index in [1.165, 1.54) is 29.6 Å². The molecule has 0 bridgehead atoms. The number of anilines is 1. The molecule has 0 saturated carbocycles. The Morgan fingerprint density at radius 1 is 1.12 bits per heavy atom. The maximum absolute atomic E-state index is 12.9. The van der Waals surface area contributed by atoms with Crippen LogP contribution in [0.1, 0.15) is 0 Å². The maximum atomic E-state index is 12.9. The second-order valence-electron chi connectivity index (χ2n) is 7.05. The fourth-order valence-corrected chi connectivity index (χ4v) is 4.84. The Kier molecular flexibility index (Phi) is 6.54. The van der Waals surface area contributed by atoms with Gasteiger partial charge in [0.15, 0.2) is 6.61 Å². The molecule has 1 fully saturated rings. The number of carbonyl (C=O) groups is 1. The van der Waals surface area contributed by atoms with Gasteiger partial charge in [0.25, 0.3) is 5.91 Å². The molecule has 32 heavy (non-hydrogen) atoms. The molecule has 3 aromatic rings. The molecule has 2 aromatic carbocycles. The third-order valence-electron chi connectivity index (χ3n) is 5.01. The summed E-state index contributed by atoms with van der Waals surface area (Å²) in [5.74, 6) is 0.358. The summed E-state index contributed by atoms with van der Waals surface area (Å²) in [5.41, 5.74) is 0.894. The highest BCUT2D eigenvalue weighted by Gasteiger charge is 2.27. The normalized spacial score (nSPS) is 14.8. The molecule has 1 amide bonds. The number of carbonyl (C=O) groups excluding carboxylic acids is 1. The molecule has 1 N–H and O–H groups in total. The summed E-state index contributed by atoms with van der Waals surface area (Å²) in [6.07, 6.45) is 1.65. The van der Waals surface area contributed by atoms with Gasteiger partial charge in [-0.3, -0.25) is 9.78 Å². The van der Waals surface area contributed by atoms with Crippen molar-refractivity contribution in [3.05, 3.63) is 54.7 Å². The van der Waals surface area contributed by atoms with Crippen LogP contribution in [0.5, 0.6) is 11.5 Å². The van der Waals surface area contributed by atoms with Gasteiger partial charge in [0.1, 0.15) is 17.0 Å². The van der Waals surface area contributed by atoms with Crippen molar-refractivity contribution in [3.63, 3.8) is 0 Å². The lowest BCUT2D eigenvalue weighted by atomic mass is 10.2. The lowest BCUT2D eigenvalue weighted by Crippen LogP contribution is -2.40. The Labute approximate surface area is 186 Å². The Hall–Kier alpha value is -3.21. The first-order chi connectivity index (χ1) is 15.5. The number of sulfonamides is 1. The van der Waals surface area contributed by atoms with E-state index in [1.807, 2.05) is 24.3 Å². The number of para-hydroxylation sites is 1. The summed E-state index contributed by atoms with van der Waals surface area (Å²) in [5, 5.41) is 3.57. The van der Waals surface area contributed by atoms with E-state index in [4.69, 9.17) is 14.2 Å². The van der Waals surface area contributed by atoms with Crippen molar-refractivity contribution in [2.45, 2.75) is 4.90 Å². The number of aromatic nitrogens is 1. The molecule has 2 heterocycles. The molecule has 1 aliphatic rings. The van der Waals surface area contributed by atoms with Crippen LogP contribution in [-0.2, 0) is 19.6 Å². The van der Waals surface area contributed by atoms with E-state index < -0.39 is 15.9 Å². The van der Waals surface area contributed by atoms with Gasteiger partial charge in [-0.2, -0.15) is 4.31 Å². The van der Waals surface area contributed by atoms with Gasteiger partial charge >= 0.3 is 0 Å². The summed E-state index contributed by atoms with van der Waals surface area (Å²) in [7, 11) is -2.27. The third-order valence-corrected chi connectivity index (χ3v) is 6.90. The molecular formula is C22H23N3O6S. The number of nitrogens with one attached hydrogen (secondary N) is 1. The van der Waals surface area contributed by atoms with Crippen molar-refractivity contribution in [2.75, 3.05) is 45.3 Å². The smallest absolute Gasteiger partial charge is 0.262 e. The van der Waals surface area contributed by atoms with Gasteiger partial charge < -0.3 is 19.5 Å². The summed E-state index contributed by atoms with van der Waals surface area (Å²) in [6.45, 7) is 0.976. The van der Waals surface area contributed by atoms with Crippen molar-refractivity contribution in [1.82, 2.24) is 9.29 Å². The van der Waals surface area contributed by atoms with Gasteiger partial charge in [-0.1, -0.05) is 18.2 Å². The third kappa shape index (κ3) is 4.67. The van der Waals surface area contributed by atoms with Crippen LogP contribution in [0.25, 0.3) is 10.9 Å². The van der Waals surface area contributed by atoms with E-state index in [0.29, 0.717) is 30.2 Å². The van der Waals surface area contributed by atoms with Gasteiger partial charge in [0.2, 0.25) is 10.0 Å². The summed E-state index contributed by atoms with van der Waals surface area (Å²) in [6, 6.07) is 13.5. The number of morpholine rings is 1. The second kappa shape index (κ2) is 9.51. The average molecular weight is 458 g/mol. The maximum Gasteiger partial charge on any atom is 0.262 e. The predicted octanol–water partition coefficient (Wildman–Crippen LogP) is 2.28. The van der Waals surface area contributed by atoms with Crippen LogP contribution < -0.4 is 14.8 Å². The summed E-state index contributed by atoms with van der Waals surface area (Å²) < 4.78 is 43.4. The molecule has 0 unspecified atom stereocenters.